The Kier molecular flexibility index (Phi) is 6.86. The van der Waals surface area contributed by atoms with E-state index in [9.17, 15) is 4.79 Å². The maximum Gasteiger partial charge on any atom is 0.343 e. The molecule has 0 atom stereocenters. The molecule has 0 aliphatic carbocycles. The lowest BCUT2D eigenvalue weighted by atomic mass is 10.1. The molecule has 0 heterocycles. The minimum atomic E-state index is -0.298. The van der Waals surface area contributed by atoms with Crippen LogP contribution in [0, 0.1) is 0 Å². The second-order valence-electron chi connectivity index (χ2n) is 5.94. The lowest BCUT2D eigenvalue weighted by Gasteiger charge is -2.06. The van der Waals surface area contributed by atoms with Crippen molar-refractivity contribution in [2.75, 3.05) is 0 Å². The van der Waals surface area contributed by atoms with Crippen molar-refractivity contribution in [1.82, 2.24) is 0 Å². The summed E-state index contributed by atoms with van der Waals surface area (Å²) in [6.45, 7) is 4.35. The fraction of sp³-hybridized carbons (Fsp3) is 0.381. The molecule has 0 bridgehead atoms. The molecule has 23 heavy (non-hydrogen) atoms. The van der Waals surface area contributed by atoms with Gasteiger partial charge in [0.1, 0.15) is 5.75 Å². The highest BCUT2D eigenvalue weighted by molar-refractivity contribution is 5.91. The van der Waals surface area contributed by atoms with Crippen LogP contribution in [0.1, 0.15) is 61.0 Å². The Labute approximate surface area is 139 Å². The molecule has 0 fully saturated rings. The summed E-state index contributed by atoms with van der Waals surface area (Å²) in [5, 5.41) is 0. The van der Waals surface area contributed by atoms with E-state index in [0.717, 1.165) is 19.3 Å². The molecule has 0 aromatic heterocycles. The standard InChI is InChI=1S/C21H26O2/c1-3-5-6-8-18-9-13-19(14-10-18)21(22)23-20-15-11-17(7-4-2)12-16-20/h9-16H,3-8H2,1-2H3. The van der Waals surface area contributed by atoms with Crippen LogP contribution in [-0.4, -0.2) is 5.97 Å². The van der Waals surface area contributed by atoms with Crippen LogP contribution in [0.3, 0.4) is 0 Å². The molecule has 0 spiro atoms. The Morgan fingerprint density at radius 1 is 0.783 bits per heavy atom. The smallest absolute Gasteiger partial charge is 0.343 e. The first-order valence-electron chi connectivity index (χ1n) is 8.63. The van der Waals surface area contributed by atoms with Crippen molar-refractivity contribution in [3.8, 4) is 5.75 Å². The van der Waals surface area contributed by atoms with E-state index < -0.39 is 0 Å². The first-order chi connectivity index (χ1) is 11.2. The van der Waals surface area contributed by atoms with Crippen molar-refractivity contribution in [2.24, 2.45) is 0 Å². The van der Waals surface area contributed by atoms with Crippen molar-refractivity contribution < 1.29 is 9.53 Å². The van der Waals surface area contributed by atoms with E-state index in [-0.39, 0.29) is 5.97 Å². The predicted octanol–water partition coefficient (Wildman–Crippen LogP) is 5.59. The van der Waals surface area contributed by atoms with Gasteiger partial charge in [0.2, 0.25) is 0 Å². The highest BCUT2D eigenvalue weighted by Crippen LogP contribution is 2.16. The number of hydrogen-bond donors (Lipinski definition) is 0. The third-order valence-electron chi connectivity index (χ3n) is 3.93. The molecule has 0 aliphatic heterocycles. The Balaban J connectivity index is 1.92. The van der Waals surface area contributed by atoms with E-state index >= 15 is 0 Å². The topological polar surface area (TPSA) is 26.3 Å². The molecule has 0 amide bonds. The molecule has 2 heteroatoms. The number of ether oxygens (including phenoxy) is 1. The van der Waals surface area contributed by atoms with Gasteiger partial charge in [0.15, 0.2) is 0 Å². The van der Waals surface area contributed by atoms with Crippen LogP contribution in [0.25, 0.3) is 0 Å². The molecule has 2 rings (SSSR count). The van der Waals surface area contributed by atoms with Gasteiger partial charge in [-0.1, -0.05) is 57.4 Å². The van der Waals surface area contributed by atoms with Gasteiger partial charge in [0.05, 0.1) is 5.56 Å². The molecule has 2 aromatic carbocycles. The number of carbonyl (C=O) groups is 1. The molecular formula is C21H26O2. The number of unbranched alkanes of at least 4 members (excludes halogenated alkanes) is 2. The highest BCUT2D eigenvalue weighted by Gasteiger charge is 2.08. The van der Waals surface area contributed by atoms with E-state index in [1.54, 1.807) is 0 Å². The van der Waals surface area contributed by atoms with Crippen LogP contribution in [0.15, 0.2) is 48.5 Å². The second kappa shape index (κ2) is 9.14. The van der Waals surface area contributed by atoms with E-state index in [2.05, 4.69) is 13.8 Å². The normalized spacial score (nSPS) is 10.5. The van der Waals surface area contributed by atoms with Crippen LogP contribution in [-0.2, 0) is 12.8 Å². The minimum absolute atomic E-state index is 0.298. The van der Waals surface area contributed by atoms with Crippen LogP contribution in [0.2, 0.25) is 0 Å². The number of hydrogen-bond acceptors (Lipinski definition) is 2. The van der Waals surface area contributed by atoms with Crippen molar-refractivity contribution in [1.29, 1.82) is 0 Å². The van der Waals surface area contributed by atoms with Crippen LogP contribution < -0.4 is 4.74 Å². The first kappa shape index (κ1) is 17.3. The van der Waals surface area contributed by atoms with E-state index in [1.165, 1.54) is 30.4 Å². The number of carbonyl (C=O) groups excluding carboxylic acids is 1. The molecule has 122 valence electrons. The fourth-order valence-electron chi connectivity index (χ4n) is 2.57. The molecule has 0 saturated carbocycles. The summed E-state index contributed by atoms with van der Waals surface area (Å²) in [6, 6.07) is 15.5. The SMILES string of the molecule is CCCCCc1ccc(C(=O)Oc2ccc(CCC)cc2)cc1. The summed E-state index contributed by atoms with van der Waals surface area (Å²) in [5.41, 5.74) is 3.14. The molecule has 2 nitrogen and oxygen atoms in total. The van der Waals surface area contributed by atoms with Gasteiger partial charge in [0.25, 0.3) is 0 Å². The number of esters is 1. The largest absolute Gasteiger partial charge is 0.423 e. The third kappa shape index (κ3) is 5.55. The Hall–Kier alpha value is -2.09. The lowest BCUT2D eigenvalue weighted by Crippen LogP contribution is -2.08. The summed E-state index contributed by atoms with van der Waals surface area (Å²) in [4.78, 5) is 12.2. The van der Waals surface area contributed by atoms with Gasteiger partial charge in [-0.3, -0.25) is 0 Å². The van der Waals surface area contributed by atoms with Gasteiger partial charge in [0, 0.05) is 0 Å². The van der Waals surface area contributed by atoms with Gasteiger partial charge >= 0.3 is 5.97 Å². The van der Waals surface area contributed by atoms with Gasteiger partial charge in [-0.15, -0.1) is 0 Å². The third-order valence-corrected chi connectivity index (χ3v) is 3.93. The zero-order chi connectivity index (χ0) is 16.5. The average Bonchev–Trinajstić information content (AvgIpc) is 2.58. The van der Waals surface area contributed by atoms with Gasteiger partial charge in [-0.05, 0) is 54.7 Å². The van der Waals surface area contributed by atoms with Crippen molar-refractivity contribution in [3.63, 3.8) is 0 Å². The highest BCUT2D eigenvalue weighted by atomic mass is 16.5. The lowest BCUT2D eigenvalue weighted by molar-refractivity contribution is 0.0734. The summed E-state index contributed by atoms with van der Waals surface area (Å²) in [5.74, 6) is 0.301. The van der Waals surface area contributed by atoms with Crippen LogP contribution in [0.4, 0.5) is 0 Å². The summed E-state index contributed by atoms with van der Waals surface area (Å²) < 4.78 is 5.43. The fourth-order valence-corrected chi connectivity index (χ4v) is 2.57. The Morgan fingerprint density at radius 2 is 1.39 bits per heavy atom. The molecule has 0 aliphatic rings. The molecular weight excluding hydrogens is 284 g/mol. The number of aryl methyl sites for hydroxylation is 2. The average molecular weight is 310 g/mol. The van der Waals surface area contributed by atoms with Crippen molar-refractivity contribution >= 4 is 5.97 Å². The zero-order valence-electron chi connectivity index (χ0n) is 14.2. The molecule has 0 unspecified atom stereocenters. The van der Waals surface area contributed by atoms with Crippen molar-refractivity contribution in [3.05, 3.63) is 65.2 Å². The molecule has 0 N–H and O–H groups in total. The molecule has 0 radical (unpaired) electrons. The van der Waals surface area contributed by atoms with Gasteiger partial charge < -0.3 is 4.74 Å². The Bertz CT molecular complexity index is 597. The van der Waals surface area contributed by atoms with Crippen LogP contribution in [0.5, 0.6) is 5.75 Å². The van der Waals surface area contributed by atoms with E-state index in [1.807, 2.05) is 48.5 Å². The molecule has 0 saturated heterocycles. The minimum Gasteiger partial charge on any atom is -0.423 e. The maximum atomic E-state index is 12.2. The van der Waals surface area contributed by atoms with E-state index in [4.69, 9.17) is 4.74 Å². The number of benzene rings is 2. The first-order valence-corrected chi connectivity index (χ1v) is 8.63. The summed E-state index contributed by atoms with van der Waals surface area (Å²) >= 11 is 0. The van der Waals surface area contributed by atoms with Crippen LogP contribution >= 0.6 is 0 Å². The summed E-state index contributed by atoms with van der Waals surface area (Å²) in [6.07, 6.45) is 6.91. The van der Waals surface area contributed by atoms with Gasteiger partial charge in [-0.2, -0.15) is 0 Å². The monoisotopic (exact) mass is 310 g/mol. The Morgan fingerprint density at radius 3 is 2.00 bits per heavy atom. The predicted molar refractivity (Wildman–Crippen MR) is 95.1 cm³/mol. The summed E-state index contributed by atoms with van der Waals surface area (Å²) in [7, 11) is 0. The van der Waals surface area contributed by atoms with Gasteiger partial charge in [-0.25, -0.2) is 4.79 Å². The number of rotatable bonds is 8. The quantitative estimate of drug-likeness (QED) is 0.361. The van der Waals surface area contributed by atoms with Crippen molar-refractivity contribution in [2.45, 2.75) is 52.4 Å². The maximum absolute atomic E-state index is 12.2. The zero-order valence-corrected chi connectivity index (χ0v) is 14.2. The molecule has 2 aromatic rings. The second-order valence-corrected chi connectivity index (χ2v) is 5.94. The van der Waals surface area contributed by atoms with E-state index in [0.29, 0.717) is 11.3 Å².